The molecule has 0 rings (SSSR count). The summed E-state index contributed by atoms with van der Waals surface area (Å²) in [6.07, 6.45) is -0.728. The van der Waals surface area contributed by atoms with Crippen molar-refractivity contribution in [1.82, 2.24) is 0 Å². The number of carbonyl (C=O) groups is 1. The van der Waals surface area contributed by atoms with E-state index >= 15 is 0 Å². The molecule has 0 bridgehead atoms. The number of rotatable bonds is 3. The molecule has 0 unspecified atom stereocenters. The summed E-state index contributed by atoms with van der Waals surface area (Å²) in [7, 11) is 0. The second-order valence-corrected chi connectivity index (χ2v) is 1.46. The van der Waals surface area contributed by atoms with Crippen LogP contribution in [0.25, 0.3) is 0 Å². The SMILES string of the molecule is N[C@@H](C=O)[C@H](O)CO. The minimum atomic E-state index is -1.12. The Balaban J connectivity index is 3.44. The van der Waals surface area contributed by atoms with Gasteiger partial charge in [0.25, 0.3) is 0 Å². The monoisotopic (exact) mass is 119 g/mol. The maximum atomic E-state index is 9.71. The lowest BCUT2D eigenvalue weighted by Gasteiger charge is -2.07. The number of aliphatic hydroxyl groups excluding tert-OH is 2. The summed E-state index contributed by atoms with van der Waals surface area (Å²) in [5.41, 5.74) is 4.95. The zero-order valence-corrected chi connectivity index (χ0v) is 4.32. The van der Waals surface area contributed by atoms with E-state index in [0.717, 1.165) is 0 Å². The van der Waals surface area contributed by atoms with Gasteiger partial charge in [0, 0.05) is 0 Å². The first-order chi connectivity index (χ1) is 3.72. The third kappa shape index (κ3) is 2.02. The summed E-state index contributed by atoms with van der Waals surface area (Å²) >= 11 is 0. The van der Waals surface area contributed by atoms with Crippen LogP contribution in [0.3, 0.4) is 0 Å². The van der Waals surface area contributed by atoms with E-state index in [0.29, 0.717) is 6.29 Å². The number of nitrogens with two attached hydrogens (primary N) is 1. The lowest BCUT2D eigenvalue weighted by Crippen LogP contribution is -2.38. The zero-order chi connectivity index (χ0) is 6.57. The number of carbonyl (C=O) groups excluding carboxylic acids is 1. The third-order valence-electron chi connectivity index (χ3n) is 0.788. The van der Waals surface area contributed by atoms with Crippen molar-refractivity contribution in [1.29, 1.82) is 0 Å². The summed E-state index contributed by atoms with van der Waals surface area (Å²) in [5, 5.41) is 16.7. The molecule has 0 aliphatic rings. The Bertz CT molecular complexity index is 75.7. The summed E-state index contributed by atoms with van der Waals surface area (Å²) in [6.45, 7) is -0.472. The molecule has 2 atom stereocenters. The molecule has 0 spiro atoms. The Kier molecular flexibility index (Phi) is 3.34. The van der Waals surface area contributed by atoms with Gasteiger partial charge in [-0.3, -0.25) is 0 Å². The van der Waals surface area contributed by atoms with Crippen molar-refractivity contribution in [3.8, 4) is 0 Å². The molecular weight excluding hydrogens is 110 g/mol. The second kappa shape index (κ2) is 3.54. The summed E-state index contributed by atoms with van der Waals surface area (Å²) in [4.78, 5) is 9.71. The van der Waals surface area contributed by atoms with Gasteiger partial charge in [0.15, 0.2) is 0 Å². The highest BCUT2D eigenvalue weighted by Crippen LogP contribution is 1.82. The van der Waals surface area contributed by atoms with E-state index in [1.54, 1.807) is 0 Å². The largest absolute Gasteiger partial charge is 0.394 e. The van der Waals surface area contributed by atoms with Crippen LogP contribution in [0.4, 0.5) is 0 Å². The number of aliphatic hydroxyl groups is 2. The molecule has 0 aromatic carbocycles. The van der Waals surface area contributed by atoms with Crippen LogP contribution in [-0.4, -0.2) is 35.3 Å². The van der Waals surface area contributed by atoms with Crippen molar-refractivity contribution in [3.63, 3.8) is 0 Å². The third-order valence-corrected chi connectivity index (χ3v) is 0.788. The van der Waals surface area contributed by atoms with Crippen molar-refractivity contribution >= 4 is 6.29 Å². The van der Waals surface area contributed by atoms with Crippen LogP contribution in [0.15, 0.2) is 0 Å². The first-order valence-electron chi connectivity index (χ1n) is 2.22. The molecule has 0 amide bonds. The Hall–Kier alpha value is -0.450. The quantitative estimate of drug-likeness (QED) is 0.370. The minimum Gasteiger partial charge on any atom is -0.394 e. The molecule has 4 nitrogen and oxygen atoms in total. The van der Waals surface area contributed by atoms with Crippen LogP contribution < -0.4 is 5.73 Å². The lowest BCUT2D eigenvalue weighted by molar-refractivity contribution is -0.111. The summed E-state index contributed by atoms with van der Waals surface area (Å²) < 4.78 is 0. The Morgan fingerprint density at radius 2 is 2.25 bits per heavy atom. The van der Waals surface area contributed by atoms with E-state index in [2.05, 4.69) is 0 Å². The highest BCUT2D eigenvalue weighted by Gasteiger charge is 2.10. The molecule has 4 N–H and O–H groups in total. The molecule has 0 saturated heterocycles. The lowest BCUT2D eigenvalue weighted by atomic mass is 10.2. The van der Waals surface area contributed by atoms with Gasteiger partial charge in [-0.2, -0.15) is 0 Å². The van der Waals surface area contributed by atoms with E-state index in [-0.39, 0.29) is 0 Å². The molecule has 0 fully saturated rings. The highest BCUT2D eigenvalue weighted by molar-refractivity contribution is 5.57. The normalized spacial score (nSPS) is 17.4. The van der Waals surface area contributed by atoms with Crippen LogP contribution in [0.2, 0.25) is 0 Å². The van der Waals surface area contributed by atoms with Crippen molar-refractivity contribution in [2.75, 3.05) is 6.61 Å². The molecule has 8 heavy (non-hydrogen) atoms. The van der Waals surface area contributed by atoms with E-state index in [1.165, 1.54) is 0 Å². The van der Waals surface area contributed by atoms with Gasteiger partial charge in [0.05, 0.1) is 18.8 Å². The molecule has 0 saturated carbocycles. The molecule has 4 heteroatoms. The number of aldehydes is 1. The molecule has 0 aromatic heterocycles. The predicted octanol–water partition coefficient (Wildman–Crippen LogP) is -2.13. The molecule has 0 aromatic rings. The Morgan fingerprint density at radius 3 is 2.38 bits per heavy atom. The molecule has 0 aliphatic heterocycles. The van der Waals surface area contributed by atoms with Gasteiger partial charge < -0.3 is 20.7 Å². The van der Waals surface area contributed by atoms with Crippen LogP contribution >= 0.6 is 0 Å². The molecule has 0 radical (unpaired) electrons. The first kappa shape index (κ1) is 7.55. The molecule has 0 aliphatic carbocycles. The van der Waals surface area contributed by atoms with Crippen LogP contribution in [0.1, 0.15) is 0 Å². The van der Waals surface area contributed by atoms with E-state index in [9.17, 15) is 4.79 Å². The van der Waals surface area contributed by atoms with Gasteiger partial charge in [0.1, 0.15) is 6.29 Å². The molecule has 48 valence electrons. The highest BCUT2D eigenvalue weighted by atomic mass is 16.3. The fourth-order valence-electron chi connectivity index (χ4n) is 0.212. The van der Waals surface area contributed by atoms with E-state index in [4.69, 9.17) is 15.9 Å². The average Bonchev–Trinajstić information content (AvgIpc) is 1.84. The predicted molar refractivity (Wildman–Crippen MR) is 27.1 cm³/mol. The van der Waals surface area contributed by atoms with Gasteiger partial charge in [-0.15, -0.1) is 0 Å². The molecular formula is C4H9NO3. The van der Waals surface area contributed by atoms with Crippen molar-refractivity contribution in [3.05, 3.63) is 0 Å². The van der Waals surface area contributed by atoms with Crippen LogP contribution in [0, 0.1) is 0 Å². The smallest absolute Gasteiger partial charge is 0.139 e. The topological polar surface area (TPSA) is 83.6 Å². The fourth-order valence-corrected chi connectivity index (χ4v) is 0.212. The first-order valence-corrected chi connectivity index (χ1v) is 2.22. The van der Waals surface area contributed by atoms with Gasteiger partial charge in [0.2, 0.25) is 0 Å². The van der Waals surface area contributed by atoms with Gasteiger partial charge in [-0.25, -0.2) is 0 Å². The number of hydrogen-bond donors (Lipinski definition) is 3. The van der Waals surface area contributed by atoms with Gasteiger partial charge in [-0.05, 0) is 0 Å². The Morgan fingerprint density at radius 1 is 1.75 bits per heavy atom. The average molecular weight is 119 g/mol. The van der Waals surface area contributed by atoms with E-state index in [1.807, 2.05) is 0 Å². The van der Waals surface area contributed by atoms with Crippen molar-refractivity contribution < 1.29 is 15.0 Å². The zero-order valence-electron chi connectivity index (χ0n) is 4.32. The van der Waals surface area contributed by atoms with Crippen molar-refractivity contribution in [2.24, 2.45) is 5.73 Å². The maximum Gasteiger partial charge on any atom is 0.139 e. The summed E-state index contributed by atoms with van der Waals surface area (Å²) in [6, 6.07) is -0.958. The standard InChI is InChI=1S/C4H9NO3/c5-3(1-6)4(8)2-7/h1,3-4,7-8H,2,5H2/t3-,4+/m0/s1. The minimum absolute atomic E-state index is 0.390. The van der Waals surface area contributed by atoms with Gasteiger partial charge >= 0.3 is 0 Å². The maximum absolute atomic E-state index is 9.71. The number of hydrogen-bond acceptors (Lipinski definition) is 4. The van der Waals surface area contributed by atoms with E-state index < -0.39 is 18.8 Å². The van der Waals surface area contributed by atoms with Crippen LogP contribution in [-0.2, 0) is 4.79 Å². The van der Waals surface area contributed by atoms with Gasteiger partial charge in [-0.1, -0.05) is 0 Å². The Labute approximate surface area is 46.9 Å². The molecule has 0 heterocycles. The van der Waals surface area contributed by atoms with Crippen LogP contribution in [0.5, 0.6) is 0 Å². The summed E-state index contributed by atoms with van der Waals surface area (Å²) in [5.74, 6) is 0. The van der Waals surface area contributed by atoms with Crippen molar-refractivity contribution in [2.45, 2.75) is 12.1 Å². The fraction of sp³-hybridized carbons (Fsp3) is 0.750. The second-order valence-electron chi connectivity index (χ2n) is 1.46.